The van der Waals surface area contributed by atoms with Crippen molar-refractivity contribution in [3.63, 3.8) is 0 Å². The summed E-state index contributed by atoms with van der Waals surface area (Å²) < 4.78 is 73.7. The monoisotopic (exact) mass is 1810 g/mol. The molecule has 0 saturated heterocycles. The highest BCUT2D eigenvalue weighted by Crippen LogP contribution is 2.34. The van der Waals surface area contributed by atoms with Crippen LogP contribution in [0.25, 0.3) is 0 Å². The Morgan fingerprint density at radius 1 is 0.359 bits per heavy atom. The molecule has 0 atom stereocenters. The Bertz CT molecular complexity index is 3510. The molecule has 0 amide bonds. The highest BCUT2D eigenvalue weighted by atomic mass is 16.5. The normalized spacial score (nSPS) is 13.4. The maximum Gasteiger partial charge on any atom is 0.0598 e. The number of benzene rings is 4. The molecule has 6 N–H and O–H groups in total. The zero-order valence-corrected chi connectivity index (χ0v) is 96.5. The van der Waals surface area contributed by atoms with E-state index in [0.29, 0.717) is 35.1 Å². The quantitative estimate of drug-likeness (QED) is 0.0292. The van der Waals surface area contributed by atoms with Gasteiger partial charge in [0, 0.05) is 146 Å². The standard InChI is InChI=1S/2C23H34N2.C15H34N2.2C11H26N2.C9H20O2.6C4H10/c2*1-17-11-8-12-18(2)21(17)24-15-10-16-25(23(5,6)7)22-19(3)13-9-14-20(22)4;1-12(2)16-10-15(8,9)11-17(13(3)4)14(5,6)7;2*1-10(2,3)13(7)9-11(4,5)8-12-6;1-8(2,3)11-7-9(4,5)6-10;6*1-4(2)3/h2*8-9,11-14,24H,10,15-16H2,1-7H3;12-13,16H,10-11H2,1-9H3;2*12H,8-9H2,1-7H3;10H,6-7H2,1-5H3;6*4H,1-3H3/i3D3;;;6D3,7D3;;;;;;;;. The van der Waals surface area contributed by atoms with Crippen molar-refractivity contribution in [3.8, 4) is 0 Å². The number of rotatable bonds is 29. The third-order valence-corrected chi connectivity index (χ3v) is 18.3. The van der Waals surface area contributed by atoms with Gasteiger partial charge in [0.2, 0.25) is 0 Å². The summed E-state index contributed by atoms with van der Waals surface area (Å²) in [7, 11) is 4.20. The molecule has 0 unspecified atom stereocenters. The van der Waals surface area contributed by atoms with E-state index in [0.717, 1.165) is 112 Å². The summed E-state index contributed by atoms with van der Waals surface area (Å²) in [6.07, 6.45) is 2.03. The second-order valence-electron chi connectivity index (χ2n) is 49.7. The van der Waals surface area contributed by atoms with Gasteiger partial charge in [-0.2, -0.15) is 0 Å². The summed E-state index contributed by atoms with van der Waals surface area (Å²) in [5.41, 5.74) is 13.9. The summed E-state index contributed by atoms with van der Waals surface area (Å²) in [6.45, 7) is 121. The number of para-hydroxylation sites is 4. The lowest BCUT2D eigenvalue weighted by Crippen LogP contribution is -2.52. The van der Waals surface area contributed by atoms with Crippen molar-refractivity contribution in [2.45, 2.75) is 446 Å². The van der Waals surface area contributed by atoms with E-state index in [2.05, 4.69) is 412 Å². The van der Waals surface area contributed by atoms with E-state index in [1.807, 2.05) is 95.3 Å². The van der Waals surface area contributed by atoms with E-state index in [-0.39, 0.29) is 52.9 Å². The number of ether oxygens (including phenoxy) is 1. The molecule has 12 heteroatoms. The van der Waals surface area contributed by atoms with Crippen LogP contribution in [0.2, 0.25) is 0 Å². The zero-order valence-electron chi connectivity index (χ0n) is 106. The number of aliphatic hydroxyl groups excluding tert-OH is 1. The van der Waals surface area contributed by atoms with Gasteiger partial charge in [-0.1, -0.05) is 267 Å². The molecule has 4 aromatic rings. The minimum absolute atomic E-state index is 0.105. The average molecular weight is 1810 g/mol. The van der Waals surface area contributed by atoms with Gasteiger partial charge in [-0.05, 0) is 331 Å². The lowest BCUT2D eigenvalue weighted by atomic mass is 9.89. The van der Waals surface area contributed by atoms with Gasteiger partial charge in [-0.3, -0.25) is 4.90 Å². The molecular weight excluding hydrogens is 1570 g/mol. The van der Waals surface area contributed by atoms with E-state index in [9.17, 15) is 0 Å². The Morgan fingerprint density at radius 2 is 0.641 bits per heavy atom. The first-order valence-electron chi connectivity index (χ1n) is 53.9. The van der Waals surface area contributed by atoms with Crippen LogP contribution in [-0.2, 0) is 4.74 Å². The van der Waals surface area contributed by atoms with Crippen molar-refractivity contribution in [2.24, 2.45) is 57.2 Å². The summed E-state index contributed by atoms with van der Waals surface area (Å²) in [5, 5.41) is 25.4. The fourth-order valence-corrected chi connectivity index (χ4v) is 11.9. The third-order valence-electron chi connectivity index (χ3n) is 18.3. The third kappa shape index (κ3) is 82.4. The molecule has 0 radical (unpaired) electrons. The number of aryl methyl sites for hydroxylation is 8. The molecule has 0 aliphatic carbocycles. The molecule has 0 fully saturated rings. The zero-order chi connectivity index (χ0) is 111. The predicted octanol–water partition coefficient (Wildman–Crippen LogP) is 31.3. The molecule has 760 valence electrons. The Hall–Kier alpha value is -4.24. The molecule has 0 bridgehead atoms. The van der Waals surface area contributed by atoms with Gasteiger partial charge in [-0.15, -0.1) is 0 Å². The first-order valence-corrected chi connectivity index (χ1v) is 49.4. The van der Waals surface area contributed by atoms with Gasteiger partial charge < -0.3 is 56.0 Å². The van der Waals surface area contributed by atoms with Crippen LogP contribution in [0.3, 0.4) is 0 Å². The molecule has 0 aromatic heterocycles. The van der Waals surface area contributed by atoms with Gasteiger partial charge in [0.05, 0.1) is 18.8 Å². The van der Waals surface area contributed by atoms with E-state index < -0.39 is 31.8 Å². The maximum atomic E-state index is 8.91. The van der Waals surface area contributed by atoms with Gasteiger partial charge in [0.15, 0.2) is 0 Å². The topological polar surface area (TPSA) is 106 Å². The van der Waals surface area contributed by atoms with Crippen LogP contribution in [-0.4, -0.2) is 172 Å². The molecule has 0 aliphatic heterocycles. The van der Waals surface area contributed by atoms with E-state index in [1.165, 1.54) is 55.3 Å². The number of anilines is 4. The molecule has 12 nitrogen and oxygen atoms in total. The van der Waals surface area contributed by atoms with E-state index in [4.69, 9.17) is 22.2 Å². The van der Waals surface area contributed by atoms with Crippen molar-refractivity contribution in [3.05, 3.63) is 117 Å². The van der Waals surface area contributed by atoms with Crippen LogP contribution >= 0.6 is 0 Å². The Morgan fingerprint density at radius 3 is 0.883 bits per heavy atom. The van der Waals surface area contributed by atoms with Crippen molar-refractivity contribution in [1.82, 2.24) is 30.7 Å². The number of hydrogen-bond acceptors (Lipinski definition) is 12. The second-order valence-corrected chi connectivity index (χ2v) is 49.7. The minimum atomic E-state index is -2.20. The number of nitrogens with one attached hydrogen (secondary N) is 5. The second kappa shape index (κ2) is 68.7. The smallest absolute Gasteiger partial charge is 0.0598 e. The molecular formula is C116H234N10O2. The van der Waals surface area contributed by atoms with Gasteiger partial charge >= 0.3 is 0 Å². The molecule has 0 heterocycles. The summed E-state index contributed by atoms with van der Waals surface area (Å²) in [4.78, 5) is 11.2. The Balaban J connectivity index is -0.000000236. The summed E-state index contributed by atoms with van der Waals surface area (Å²) >= 11 is 0. The van der Waals surface area contributed by atoms with Crippen molar-refractivity contribution in [2.75, 3.05) is 127 Å². The lowest BCUT2D eigenvalue weighted by molar-refractivity contribution is -0.0559. The SMILES string of the molecule is CC(C)(CO)COC(C)(C)C.CC(C)C.CC(C)C.CC(C)C.CC(C)C.CC(C)C.CC(C)C.CC(C)NCC(C)(C)CN(C(C)C)C(C)(C)C.CNCC(C)(C)CN(C)C(C)(C)C.Cc1cccc(C)c1NCCCN(c1c(C)cccc1C)C(C)(C)C.[2H]C([2H])([2H])NCC(C)(C)CN(C([2H])([2H])[2H])C(C)(C)C.[2H]C([2H])([2H])c1cccc(C)c1N(CCCNc1c(C)cccc1C)C(C)(C)C. The first kappa shape index (κ1) is 120. The Kier molecular flexibility index (Phi) is 64.3. The minimum Gasteiger partial charge on any atom is -0.396 e. The van der Waals surface area contributed by atoms with Crippen LogP contribution in [0.15, 0.2) is 72.8 Å². The van der Waals surface area contributed by atoms with Crippen LogP contribution in [0.5, 0.6) is 0 Å². The molecule has 4 aromatic carbocycles. The maximum absolute atomic E-state index is 8.91. The fourth-order valence-electron chi connectivity index (χ4n) is 11.9. The average Bonchev–Trinajstić information content (AvgIpc) is 0.778. The first-order chi connectivity index (χ1) is 61.0. The molecule has 128 heavy (non-hydrogen) atoms. The van der Waals surface area contributed by atoms with Crippen molar-refractivity contribution in [1.29, 1.82) is 0 Å². The summed E-state index contributed by atoms with van der Waals surface area (Å²) in [5.74, 6) is 5.00. The fraction of sp³-hybridized carbons (Fsp3) is 0.793. The van der Waals surface area contributed by atoms with Gasteiger partial charge in [0.25, 0.3) is 0 Å². The Labute approximate surface area is 818 Å². The van der Waals surface area contributed by atoms with Crippen LogP contribution in [0, 0.1) is 112 Å². The van der Waals surface area contributed by atoms with Crippen LogP contribution in [0.1, 0.15) is 402 Å². The largest absolute Gasteiger partial charge is 0.396 e. The molecule has 4 rings (SSSR count). The van der Waals surface area contributed by atoms with Crippen LogP contribution < -0.4 is 36.4 Å². The predicted molar refractivity (Wildman–Crippen MR) is 592 cm³/mol. The molecule has 0 aliphatic rings. The van der Waals surface area contributed by atoms with E-state index >= 15 is 0 Å². The highest BCUT2D eigenvalue weighted by molar-refractivity contribution is 5.62. The van der Waals surface area contributed by atoms with E-state index in [1.54, 1.807) is 6.07 Å². The highest BCUT2D eigenvalue weighted by Gasteiger charge is 2.32. The van der Waals surface area contributed by atoms with Gasteiger partial charge in [0.1, 0.15) is 0 Å². The van der Waals surface area contributed by atoms with Crippen molar-refractivity contribution < 1.29 is 22.2 Å². The lowest BCUT2D eigenvalue weighted by Gasteiger charge is -2.44. The van der Waals surface area contributed by atoms with Gasteiger partial charge in [-0.25, -0.2) is 0 Å². The molecule has 0 spiro atoms. The van der Waals surface area contributed by atoms with Crippen molar-refractivity contribution >= 4 is 22.7 Å². The number of aliphatic hydroxyl groups is 1. The summed E-state index contributed by atoms with van der Waals surface area (Å²) in [6, 6.07) is 26.1. The molecule has 0 saturated carbocycles. The van der Waals surface area contributed by atoms with Crippen LogP contribution in [0.4, 0.5) is 22.7 Å². The number of hydrogen-bond donors (Lipinski definition) is 6. The number of nitrogens with zero attached hydrogens (tertiary/aromatic N) is 5.